The van der Waals surface area contributed by atoms with Gasteiger partial charge >= 0.3 is 17.6 Å². The highest BCUT2D eigenvalue weighted by molar-refractivity contribution is 6.78. The standard InChI is InChI=1S/2C16H22O3Si/c2*1-4-17-20(18-5-2,19-6-3)16-13-9-11-14-10-7-8-12-15(14)16/h2*7-13H,4-6H2,1-3H3. The van der Waals surface area contributed by atoms with Crippen molar-refractivity contribution in [2.45, 2.75) is 41.5 Å². The van der Waals surface area contributed by atoms with E-state index in [1.807, 2.05) is 77.9 Å². The average Bonchev–Trinajstić information content (AvgIpc) is 2.97. The molecule has 4 rings (SSSR count). The van der Waals surface area contributed by atoms with Crippen LogP contribution >= 0.6 is 0 Å². The summed E-state index contributed by atoms with van der Waals surface area (Å²) in [6, 6.07) is 29.0. The molecule has 6 nitrogen and oxygen atoms in total. The number of hydrogen-bond donors (Lipinski definition) is 0. The molecule has 8 heteroatoms. The van der Waals surface area contributed by atoms with Gasteiger partial charge in [0.15, 0.2) is 0 Å². The van der Waals surface area contributed by atoms with E-state index in [0.29, 0.717) is 39.6 Å². The van der Waals surface area contributed by atoms with E-state index < -0.39 is 17.6 Å². The molecule has 0 radical (unpaired) electrons. The van der Waals surface area contributed by atoms with E-state index in [9.17, 15) is 0 Å². The van der Waals surface area contributed by atoms with E-state index >= 15 is 0 Å². The lowest BCUT2D eigenvalue weighted by molar-refractivity contribution is 0.0854. The van der Waals surface area contributed by atoms with Gasteiger partial charge < -0.3 is 26.6 Å². The van der Waals surface area contributed by atoms with Crippen molar-refractivity contribution < 1.29 is 26.6 Å². The van der Waals surface area contributed by atoms with Crippen LogP contribution in [-0.2, 0) is 26.6 Å². The van der Waals surface area contributed by atoms with Gasteiger partial charge in [0.2, 0.25) is 0 Å². The Labute approximate surface area is 241 Å². The molecule has 0 aliphatic carbocycles. The summed E-state index contributed by atoms with van der Waals surface area (Å²) < 4.78 is 36.0. The van der Waals surface area contributed by atoms with Crippen molar-refractivity contribution in [3.63, 3.8) is 0 Å². The van der Waals surface area contributed by atoms with Crippen LogP contribution in [0.3, 0.4) is 0 Å². The Morgan fingerprint density at radius 2 is 0.650 bits per heavy atom. The summed E-state index contributed by atoms with van der Waals surface area (Å²) >= 11 is 0. The highest BCUT2D eigenvalue weighted by Crippen LogP contribution is 2.20. The first-order valence-electron chi connectivity index (χ1n) is 14.3. The van der Waals surface area contributed by atoms with E-state index in [4.69, 9.17) is 26.6 Å². The van der Waals surface area contributed by atoms with Crippen LogP contribution in [0.5, 0.6) is 0 Å². The molecule has 0 N–H and O–H groups in total. The fourth-order valence-corrected chi connectivity index (χ4v) is 10.3. The van der Waals surface area contributed by atoms with Crippen LogP contribution in [0.15, 0.2) is 84.9 Å². The molecule has 0 saturated heterocycles. The zero-order valence-corrected chi connectivity index (χ0v) is 26.8. The molecule has 0 aliphatic heterocycles. The minimum absolute atomic E-state index is 0.579. The summed E-state index contributed by atoms with van der Waals surface area (Å²) in [5.74, 6) is 0. The molecule has 216 valence electrons. The number of benzene rings is 4. The minimum atomic E-state index is -2.84. The zero-order valence-electron chi connectivity index (χ0n) is 24.8. The summed E-state index contributed by atoms with van der Waals surface area (Å²) in [6.07, 6.45) is 0. The molecule has 4 aromatic carbocycles. The van der Waals surface area contributed by atoms with Crippen molar-refractivity contribution in [1.82, 2.24) is 0 Å². The van der Waals surface area contributed by atoms with Crippen LogP contribution in [0.2, 0.25) is 0 Å². The van der Waals surface area contributed by atoms with E-state index in [-0.39, 0.29) is 0 Å². The third-order valence-corrected chi connectivity index (χ3v) is 12.4. The maximum absolute atomic E-state index is 6.00. The summed E-state index contributed by atoms with van der Waals surface area (Å²) in [7, 11) is -5.67. The SMILES string of the molecule is CCO[Si](OCC)(OCC)c1cccc2ccccc12.CCO[Si](OCC)(OCC)c1cccc2ccccc12. The topological polar surface area (TPSA) is 55.4 Å². The van der Waals surface area contributed by atoms with Gasteiger partial charge in [-0.1, -0.05) is 84.9 Å². The van der Waals surface area contributed by atoms with E-state index in [0.717, 1.165) is 21.1 Å². The summed E-state index contributed by atoms with van der Waals surface area (Å²) in [5.41, 5.74) is 0. The van der Waals surface area contributed by atoms with Crippen LogP contribution < -0.4 is 10.4 Å². The van der Waals surface area contributed by atoms with Crippen LogP contribution in [0.4, 0.5) is 0 Å². The first-order valence-corrected chi connectivity index (χ1v) is 17.8. The van der Waals surface area contributed by atoms with E-state index in [1.165, 1.54) is 10.8 Å². The molecule has 0 aromatic heterocycles. The van der Waals surface area contributed by atoms with Crippen LogP contribution in [0.1, 0.15) is 41.5 Å². The first-order chi connectivity index (χ1) is 19.5. The molecular weight excluding hydrogens is 537 g/mol. The van der Waals surface area contributed by atoms with E-state index in [1.54, 1.807) is 0 Å². The fourth-order valence-electron chi connectivity index (χ4n) is 4.84. The van der Waals surface area contributed by atoms with Crippen molar-refractivity contribution in [3.05, 3.63) is 84.9 Å². The number of rotatable bonds is 14. The third kappa shape index (κ3) is 7.45. The average molecular weight is 581 g/mol. The van der Waals surface area contributed by atoms with Gasteiger partial charge in [-0.05, 0) is 63.1 Å². The lowest BCUT2D eigenvalue weighted by atomic mass is 10.1. The lowest BCUT2D eigenvalue weighted by Crippen LogP contribution is -2.57. The van der Waals surface area contributed by atoms with Gasteiger partial charge in [-0.3, -0.25) is 0 Å². The van der Waals surface area contributed by atoms with Gasteiger partial charge in [0.25, 0.3) is 0 Å². The van der Waals surface area contributed by atoms with Gasteiger partial charge in [-0.25, -0.2) is 0 Å². The Kier molecular flexibility index (Phi) is 13.0. The van der Waals surface area contributed by atoms with Crippen LogP contribution in [-0.4, -0.2) is 57.3 Å². The predicted molar refractivity (Wildman–Crippen MR) is 168 cm³/mol. The summed E-state index contributed by atoms with van der Waals surface area (Å²) in [5, 5.41) is 6.78. The van der Waals surface area contributed by atoms with E-state index in [2.05, 4.69) is 48.5 Å². The first kappa shape index (κ1) is 32.1. The quantitative estimate of drug-likeness (QED) is 0.166. The van der Waals surface area contributed by atoms with Crippen molar-refractivity contribution >= 4 is 49.5 Å². The molecule has 0 atom stereocenters. The maximum atomic E-state index is 6.00. The molecular formula is C32H44O6Si2. The second-order valence-corrected chi connectivity index (χ2v) is 13.8. The zero-order chi connectivity index (χ0) is 28.8. The van der Waals surface area contributed by atoms with Gasteiger partial charge in [0, 0.05) is 50.0 Å². The largest absolute Gasteiger partial charge is 0.537 e. The Morgan fingerprint density at radius 1 is 0.375 bits per heavy atom. The molecule has 0 fully saturated rings. The Balaban J connectivity index is 0.000000220. The van der Waals surface area contributed by atoms with Crippen molar-refractivity contribution in [3.8, 4) is 0 Å². The van der Waals surface area contributed by atoms with Crippen molar-refractivity contribution in [1.29, 1.82) is 0 Å². The Hall–Kier alpha value is -2.41. The molecule has 0 heterocycles. The Morgan fingerprint density at radius 3 is 0.950 bits per heavy atom. The minimum Gasteiger partial charge on any atom is -0.370 e. The van der Waals surface area contributed by atoms with Gasteiger partial charge in [-0.2, -0.15) is 0 Å². The smallest absolute Gasteiger partial charge is 0.370 e. The summed E-state index contributed by atoms with van der Waals surface area (Å²) in [4.78, 5) is 0. The van der Waals surface area contributed by atoms with Gasteiger partial charge in [-0.15, -0.1) is 0 Å². The Bertz CT molecular complexity index is 1170. The molecule has 0 saturated carbocycles. The molecule has 0 bridgehead atoms. The molecule has 40 heavy (non-hydrogen) atoms. The second kappa shape index (κ2) is 16.1. The predicted octanol–water partition coefficient (Wildman–Crippen LogP) is 6.19. The third-order valence-electron chi connectivity index (χ3n) is 6.25. The highest BCUT2D eigenvalue weighted by atomic mass is 28.4. The normalized spacial score (nSPS) is 11.9. The lowest BCUT2D eigenvalue weighted by Gasteiger charge is -2.29. The molecule has 0 unspecified atom stereocenters. The van der Waals surface area contributed by atoms with Crippen molar-refractivity contribution in [2.24, 2.45) is 0 Å². The second-order valence-electron chi connectivity index (χ2n) is 8.76. The molecule has 4 aromatic rings. The number of hydrogen-bond acceptors (Lipinski definition) is 6. The van der Waals surface area contributed by atoms with Gasteiger partial charge in [0.05, 0.1) is 0 Å². The fraction of sp³-hybridized carbons (Fsp3) is 0.375. The molecule has 0 amide bonds. The maximum Gasteiger partial charge on any atom is 0.537 e. The monoisotopic (exact) mass is 580 g/mol. The van der Waals surface area contributed by atoms with Crippen molar-refractivity contribution in [2.75, 3.05) is 39.6 Å². The summed E-state index contributed by atoms with van der Waals surface area (Å²) in [6.45, 7) is 15.3. The van der Waals surface area contributed by atoms with Crippen LogP contribution in [0, 0.1) is 0 Å². The highest BCUT2D eigenvalue weighted by Gasteiger charge is 2.45. The molecule has 0 spiro atoms. The van der Waals surface area contributed by atoms with Gasteiger partial charge in [0.1, 0.15) is 0 Å². The molecule has 0 aliphatic rings. The number of fused-ring (bicyclic) bond motifs is 2. The van der Waals surface area contributed by atoms with Crippen LogP contribution in [0.25, 0.3) is 21.5 Å².